The molecule has 1 aliphatic rings. The molecule has 104 valence electrons. The molecule has 0 radical (unpaired) electrons. The number of furan rings is 1. The molecule has 1 aliphatic heterocycles. The maximum absolute atomic E-state index is 14.4. The molecule has 0 bridgehead atoms. The van der Waals surface area contributed by atoms with Gasteiger partial charge in [0.15, 0.2) is 5.76 Å². The Balaban J connectivity index is 1.86. The first-order valence-corrected chi connectivity index (χ1v) is 6.54. The van der Waals surface area contributed by atoms with E-state index in [0.29, 0.717) is 24.3 Å². The van der Waals surface area contributed by atoms with Crippen LogP contribution in [0.2, 0.25) is 0 Å². The van der Waals surface area contributed by atoms with Gasteiger partial charge in [0, 0.05) is 6.54 Å². The quantitative estimate of drug-likeness (QED) is 0.885. The van der Waals surface area contributed by atoms with Crippen LogP contribution >= 0.6 is 0 Å². The van der Waals surface area contributed by atoms with Gasteiger partial charge in [-0.15, -0.1) is 0 Å². The van der Waals surface area contributed by atoms with Crippen molar-refractivity contribution in [3.05, 3.63) is 52.7 Å². The molecule has 2 N–H and O–H groups in total. The van der Waals surface area contributed by atoms with E-state index in [9.17, 15) is 9.18 Å². The van der Waals surface area contributed by atoms with Crippen molar-refractivity contribution in [2.45, 2.75) is 19.9 Å². The lowest BCUT2D eigenvalue weighted by atomic mass is 9.99. The number of nitrogens with one attached hydrogen (secondary N) is 2. The van der Waals surface area contributed by atoms with Gasteiger partial charge in [-0.2, -0.15) is 0 Å². The monoisotopic (exact) mass is 274 g/mol. The third-order valence-electron chi connectivity index (χ3n) is 3.42. The number of benzene rings is 1. The highest BCUT2D eigenvalue weighted by Crippen LogP contribution is 2.25. The first-order valence-electron chi connectivity index (χ1n) is 6.54. The third-order valence-corrected chi connectivity index (χ3v) is 3.42. The molecular weight excluding hydrogens is 259 g/mol. The van der Waals surface area contributed by atoms with Gasteiger partial charge >= 0.3 is 0 Å². The van der Waals surface area contributed by atoms with Crippen molar-refractivity contribution in [2.24, 2.45) is 0 Å². The lowest BCUT2D eigenvalue weighted by Crippen LogP contribution is -2.25. The summed E-state index contributed by atoms with van der Waals surface area (Å²) in [5, 5.41) is 5.75. The molecule has 0 saturated carbocycles. The summed E-state index contributed by atoms with van der Waals surface area (Å²) in [6.07, 6.45) is 0.630. The van der Waals surface area contributed by atoms with Crippen molar-refractivity contribution in [2.75, 3.05) is 11.9 Å². The molecular formula is C15H15FN2O2. The molecule has 4 nitrogen and oxygen atoms in total. The van der Waals surface area contributed by atoms with Crippen LogP contribution in [0.5, 0.6) is 0 Å². The Morgan fingerprint density at radius 3 is 2.95 bits per heavy atom. The van der Waals surface area contributed by atoms with Gasteiger partial charge in [0.2, 0.25) is 0 Å². The van der Waals surface area contributed by atoms with E-state index >= 15 is 0 Å². The Bertz CT molecular complexity index is 664. The summed E-state index contributed by atoms with van der Waals surface area (Å²) >= 11 is 0. The predicted molar refractivity (Wildman–Crippen MR) is 73.2 cm³/mol. The lowest BCUT2D eigenvalue weighted by molar-refractivity contribution is 0.0995. The average molecular weight is 274 g/mol. The fourth-order valence-corrected chi connectivity index (χ4v) is 2.37. The summed E-state index contributed by atoms with van der Waals surface area (Å²) in [5.41, 5.74) is 1.82. The first kappa shape index (κ1) is 12.9. The number of hydrogen-bond acceptors (Lipinski definition) is 3. The summed E-state index contributed by atoms with van der Waals surface area (Å²) < 4.78 is 19.6. The van der Waals surface area contributed by atoms with Crippen LogP contribution in [0.25, 0.3) is 0 Å². The van der Waals surface area contributed by atoms with Crippen molar-refractivity contribution in [1.82, 2.24) is 5.32 Å². The van der Waals surface area contributed by atoms with Gasteiger partial charge < -0.3 is 15.1 Å². The molecule has 2 aromatic rings. The second kappa shape index (κ2) is 5.09. The van der Waals surface area contributed by atoms with E-state index in [0.717, 1.165) is 12.1 Å². The minimum absolute atomic E-state index is 0.182. The van der Waals surface area contributed by atoms with Crippen LogP contribution in [-0.2, 0) is 13.0 Å². The van der Waals surface area contributed by atoms with Gasteiger partial charge in [-0.1, -0.05) is 6.07 Å². The minimum Gasteiger partial charge on any atom is -0.456 e. The molecule has 20 heavy (non-hydrogen) atoms. The van der Waals surface area contributed by atoms with Crippen LogP contribution in [0.15, 0.2) is 28.7 Å². The second-order valence-corrected chi connectivity index (χ2v) is 4.86. The van der Waals surface area contributed by atoms with Gasteiger partial charge in [-0.25, -0.2) is 4.39 Å². The van der Waals surface area contributed by atoms with E-state index in [1.165, 1.54) is 0 Å². The molecule has 0 saturated heterocycles. The number of aryl methyl sites for hydroxylation is 1. The molecule has 0 unspecified atom stereocenters. The van der Waals surface area contributed by atoms with Crippen LogP contribution in [-0.4, -0.2) is 12.5 Å². The van der Waals surface area contributed by atoms with Gasteiger partial charge in [-0.3, -0.25) is 4.79 Å². The number of amides is 1. The van der Waals surface area contributed by atoms with E-state index in [2.05, 4.69) is 10.6 Å². The number of carbonyl (C=O) groups excluding carboxylic acids is 1. The molecule has 1 aromatic heterocycles. The zero-order valence-electron chi connectivity index (χ0n) is 11.1. The van der Waals surface area contributed by atoms with Gasteiger partial charge in [-0.05, 0) is 49.2 Å². The molecule has 1 amide bonds. The van der Waals surface area contributed by atoms with E-state index in [1.807, 2.05) is 6.07 Å². The van der Waals surface area contributed by atoms with Gasteiger partial charge in [0.1, 0.15) is 11.6 Å². The Kier molecular flexibility index (Phi) is 3.28. The molecule has 3 rings (SSSR count). The highest BCUT2D eigenvalue weighted by atomic mass is 19.1. The van der Waals surface area contributed by atoms with Crippen LogP contribution in [0.3, 0.4) is 0 Å². The Hall–Kier alpha value is -2.14. The first-order chi connectivity index (χ1) is 9.65. The minimum atomic E-state index is -0.439. The summed E-state index contributed by atoms with van der Waals surface area (Å²) in [6.45, 7) is 3.17. The van der Waals surface area contributed by atoms with Crippen molar-refractivity contribution < 1.29 is 13.6 Å². The normalized spacial score (nSPS) is 13.9. The lowest BCUT2D eigenvalue weighted by Gasteiger charge is -2.19. The summed E-state index contributed by atoms with van der Waals surface area (Å²) in [5.74, 6) is 0.0416. The topological polar surface area (TPSA) is 54.3 Å². The Morgan fingerprint density at radius 2 is 2.20 bits per heavy atom. The van der Waals surface area contributed by atoms with E-state index < -0.39 is 5.91 Å². The highest BCUT2D eigenvalue weighted by Gasteiger charge is 2.18. The van der Waals surface area contributed by atoms with Crippen molar-refractivity contribution >= 4 is 11.6 Å². The summed E-state index contributed by atoms with van der Waals surface area (Å²) in [7, 11) is 0. The number of carbonyl (C=O) groups is 1. The van der Waals surface area contributed by atoms with E-state index in [1.54, 1.807) is 25.1 Å². The maximum Gasteiger partial charge on any atom is 0.291 e. The Morgan fingerprint density at radius 1 is 1.35 bits per heavy atom. The highest BCUT2D eigenvalue weighted by molar-refractivity contribution is 6.02. The summed E-state index contributed by atoms with van der Waals surface area (Å²) in [4.78, 5) is 12.0. The average Bonchev–Trinajstić information content (AvgIpc) is 2.89. The number of anilines is 1. The molecule has 0 fully saturated rings. The van der Waals surface area contributed by atoms with Gasteiger partial charge in [0.05, 0.1) is 5.69 Å². The standard InChI is InChI=1S/C15H15FN2O2/c1-9-2-5-13(20-9)15(19)18-12-4-3-10-8-17-7-6-11(10)14(12)16/h2-5,17H,6-8H2,1H3,(H,18,19). The smallest absolute Gasteiger partial charge is 0.291 e. The summed E-state index contributed by atoms with van der Waals surface area (Å²) in [6, 6.07) is 6.71. The molecule has 5 heteroatoms. The SMILES string of the molecule is Cc1ccc(C(=O)Nc2ccc3c(c2F)CCNC3)o1. The molecule has 2 heterocycles. The van der Waals surface area contributed by atoms with Crippen LogP contribution in [0.1, 0.15) is 27.4 Å². The predicted octanol–water partition coefficient (Wildman–Crippen LogP) is 2.63. The van der Waals surface area contributed by atoms with Crippen molar-refractivity contribution in [3.63, 3.8) is 0 Å². The largest absolute Gasteiger partial charge is 0.456 e. The van der Waals surface area contributed by atoms with Crippen LogP contribution in [0.4, 0.5) is 10.1 Å². The molecule has 0 aliphatic carbocycles. The van der Waals surface area contributed by atoms with Crippen molar-refractivity contribution in [1.29, 1.82) is 0 Å². The van der Waals surface area contributed by atoms with Crippen molar-refractivity contribution in [3.8, 4) is 0 Å². The van der Waals surface area contributed by atoms with E-state index in [4.69, 9.17) is 4.42 Å². The maximum atomic E-state index is 14.4. The molecule has 0 atom stereocenters. The van der Waals surface area contributed by atoms with Crippen LogP contribution < -0.4 is 10.6 Å². The zero-order chi connectivity index (χ0) is 14.1. The number of rotatable bonds is 2. The molecule has 0 spiro atoms. The number of hydrogen-bond donors (Lipinski definition) is 2. The molecule has 1 aromatic carbocycles. The fraction of sp³-hybridized carbons (Fsp3) is 0.267. The van der Waals surface area contributed by atoms with Gasteiger partial charge in [0.25, 0.3) is 5.91 Å². The van der Waals surface area contributed by atoms with E-state index in [-0.39, 0.29) is 17.3 Å². The second-order valence-electron chi connectivity index (χ2n) is 4.86. The number of fused-ring (bicyclic) bond motifs is 1. The van der Waals surface area contributed by atoms with Crippen LogP contribution in [0, 0.1) is 12.7 Å². The Labute approximate surface area is 116 Å². The number of halogens is 1. The third kappa shape index (κ3) is 2.32. The zero-order valence-corrected chi connectivity index (χ0v) is 11.1. The fourth-order valence-electron chi connectivity index (χ4n) is 2.37.